The zero-order valence-corrected chi connectivity index (χ0v) is 17.9. The Labute approximate surface area is 177 Å². The van der Waals surface area contributed by atoms with Crippen molar-refractivity contribution in [2.75, 3.05) is 23.7 Å². The molecule has 7 nitrogen and oxygen atoms in total. The molecular formula is C23H30N4O3. The summed E-state index contributed by atoms with van der Waals surface area (Å²) in [4.78, 5) is 35.4. The van der Waals surface area contributed by atoms with Gasteiger partial charge in [-0.25, -0.2) is 9.97 Å². The fourth-order valence-electron chi connectivity index (χ4n) is 3.64. The van der Waals surface area contributed by atoms with Crippen LogP contribution in [-0.4, -0.2) is 40.4 Å². The van der Waals surface area contributed by atoms with Crippen LogP contribution in [0.25, 0.3) is 0 Å². The Morgan fingerprint density at radius 3 is 2.57 bits per heavy atom. The van der Waals surface area contributed by atoms with Crippen molar-refractivity contribution in [2.45, 2.75) is 52.1 Å². The number of hydrogen-bond donors (Lipinski definition) is 1. The zero-order valence-electron chi connectivity index (χ0n) is 17.9. The summed E-state index contributed by atoms with van der Waals surface area (Å²) >= 11 is 0. The summed E-state index contributed by atoms with van der Waals surface area (Å²) in [5.74, 6) is 1.13. The molecule has 1 aliphatic rings. The number of aromatic nitrogens is 2. The Balaban J connectivity index is 1.56. The van der Waals surface area contributed by atoms with Gasteiger partial charge in [-0.2, -0.15) is 0 Å². The van der Waals surface area contributed by atoms with Gasteiger partial charge in [-0.1, -0.05) is 6.07 Å². The Hall–Kier alpha value is -2.96. The molecule has 2 aromatic heterocycles. The number of carbonyl (C=O) groups is 2. The highest BCUT2D eigenvalue weighted by Crippen LogP contribution is 2.26. The van der Waals surface area contributed by atoms with Crippen LogP contribution in [0, 0.1) is 5.92 Å². The maximum absolute atomic E-state index is 12.8. The summed E-state index contributed by atoms with van der Waals surface area (Å²) in [6.45, 7) is 7.35. The average Bonchev–Trinajstić information content (AvgIpc) is 2.71. The van der Waals surface area contributed by atoms with Gasteiger partial charge in [0.2, 0.25) is 5.78 Å². The summed E-state index contributed by atoms with van der Waals surface area (Å²) in [7, 11) is 0. The predicted octanol–water partition coefficient (Wildman–Crippen LogP) is 3.63. The largest absolute Gasteiger partial charge is 0.460 e. The first-order valence-electron chi connectivity index (χ1n) is 10.4. The molecule has 1 aliphatic heterocycles. The third-order valence-electron chi connectivity index (χ3n) is 5.17. The fourth-order valence-corrected chi connectivity index (χ4v) is 3.64. The third-order valence-corrected chi connectivity index (χ3v) is 5.17. The molecule has 1 fully saturated rings. The van der Waals surface area contributed by atoms with E-state index in [1.807, 2.05) is 32.9 Å². The Kier molecular flexibility index (Phi) is 6.70. The average molecular weight is 411 g/mol. The number of carbonyl (C=O) groups excluding carboxylic acids is 2. The van der Waals surface area contributed by atoms with Gasteiger partial charge in [-0.05, 0) is 70.2 Å². The second-order valence-corrected chi connectivity index (χ2v) is 8.70. The van der Waals surface area contributed by atoms with E-state index >= 15 is 0 Å². The molecule has 0 bridgehead atoms. The lowest BCUT2D eigenvalue weighted by atomic mass is 9.92. The van der Waals surface area contributed by atoms with Crippen LogP contribution in [0.1, 0.15) is 62.5 Å². The Morgan fingerprint density at radius 2 is 1.90 bits per heavy atom. The van der Waals surface area contributed by atoms with Crippen molar-refractivity contribution in [2.24, 2.45) is 5.92 Å². The molecule has 2 aromatic rings. The van der Waals surface area contributed by atoms with E-state index in [0.29, 0.717) is 23.6 Å². The molecule has 3 heterocycles. The van der Waals surface area contributed by atoms with Gasteiger partial charge in [-0.3, -0.25) is 9.59 Å². The van der Waals surface area contributed by atoms with E-state index in [1.54, 1.807) is 24.4 Å². The molecule has 0 saturated carbocycles. The van der Waals surface area contributed by atoms with Crippen molar-refractivity contribution in [3.63, 3.8) is 0 Å². The number of rotatable bonds is 6. The molecule has 0 aromatic carbocycles. The Bertz CT molecular complexity index is 899. The van der Waals surface area contributed by atoms with Crippen molar-refractivity contribution in [3.8, 4) is 0 Å². The SMILES string of the molecule is CC(C)(C)OC(=O)CCC1CCN(c2cccc(C(=O)c3cccnc3N)n2)CC1. The number of nitrogens with zero attached hydrogens (tertiary/aromatic N) is 3. The molecule has 0 aliphatic carbocycles. The molecular weight excluding hydrogens is 380 g/mol. The van der Waals surface area contributed by atoms with Crippen molar-refractivity contribution in [1.82, 2.24) is 9.97 Å². The monoisotopic (exact) mass is 410 g/mol. The first kappa shape index (κ1) is 21.7. The van der Waals surface area contributed by atoms with E-state index < -0.39 is 5.60 Å². The molecule has 160 valence electrons. The summed E-state index contributed by atoms with van der Waals surface area (Å²) in [5.41, 5.74) is 6.12. The van der Waals surface area contributed by atoms with E-state index in [9.17, 15) is 9.59 Å². The van der Waals surface area contributed by atoms with E-state index in [4.69, 9.17) is 10.5 Å². The van der Waals surface area contributed by atoms with Crippen molar-refractivity contribution in [3.05, 3.63) is 47.8 Å². The smallest absolute Gasteiger partial charge is 0.306 e. The fraction of sp³-hybridized carbons (Fsp3) is 0.478. The number of piperidine rings is 1. The van der Waals surface area contributed by atoms with Crippen LogP contribution in [0.5, 0.6) is 0 Å². The second kappa shape index (κ2) is 9.24. The number of ketones is 1. The molecule has 3 rings (SSSR count). The van der Waals surface area contributed by atoms with Gasteiger partial charge < -0.3 is 15.4 Å². The Morgan fingerprint density at radius 1 is 1.17 bits per heavy atom. The normalized spacial score (nSPS) is 15.1. The molecule has 0 unspecified atom stereocenters. The van der Waals surface area contributed by atoms with Crippen LogP contribution in [0.3, 0.4) is 0 Å². The lowest BCUT2D eigenvalue weighted by Gasteiger charge is -2.33. The second-order valence-electron chi connectivity index (χ2n) is 8.70. The molecule has 0 radical (unpaired) electrons. The van der Waals surface area contributed by atoms with Crippen molar-refractivity contribution >= 4 is 23.4 Å². The first-order valence-corrected chi connectivity index (χ1v) is 10.4. The van der Waals surface area contributed by atoms with Gasteiger partial charge in [0, 0.05) is 25.7 Å². The third kappa shape index (κ3) is 5.78. The van der Waals surface area contributed by atoms with Crippen molar-refractivity contribution in [1.29, 1.82) is 0 Å². The number of nitrogens with two attached hydrogens (primary N) is 1. The van der Waals surface area contributed by atoms with Crippen LogP contribution in [0.2, 0.25) is 0 Å². The highest BCUT2D eigenvalue weighted by atomic mass is 16.6. The minimum absolute atomic E-state index is 0.132. The van der Waals surface area contributed by atoms with E-state index in [1.165, 1.54) is 0 Å². The summed E-state index contributed by atoms with van der Waals surface area (Å²) in [6, 6.07) is 8.82. The maximum atomic E-state index is 12.8. The number of ether oxygens (including phenoxy) is 1. The topological polar surface area (TPSA) is 98.4 Å². The maximum Gasteiger partial charge on any atom is 0.306 e. The minimum Gasteiger partial charge on any atom is -0.460 e. The standard InChI is InChI=1S/C23H30N4O3/c1-23(2,3)30-20(28)10-9-16-11-14-27(15-12-16)19-8-4-7-18(26-19)21(29)17-6-5-13-25-22(17)24/h4-8,13,16H,9-12,14-15H2,1-3H3,(H2,24,25). The number of pyridine rings is 2. The predicted molar refractivity (Wildman–Crippen MR) is 116 cm³/mol. The van der Waals surface area contributed by atoms with Gasteiger partial charge in [0.15, 0.2) is 0 Å². The number of nitrogen functional groups attached to an aromatic ring is 1. The van der Waals surface area contributed by atoms with Crippen LogP contribution in [0.4, 0.5) is 11.6 Å². The van der Waals surface area contributed by atoms with E-state index in [0.717, 1.165) is 38.2 Å². The minimum atomic E-state index is -0.435. The molecule has 1 saturated heterocycles. The zero-order chi connectivity index (χ0) is 21.7. The molecule has 0 amide bonds. The van der Waals surface area contributed by atoms with Gasteiger partial charge in [0.1, 0.15) is 22.9 Å². The molecule has 2 N–H and O–H groups in total. The van der Waals surface area contributed by atoms with Crippen LogP contribution in [0.15, 0.2) is 36.5 Å². The van der Waals surface area contributed by atoms with Crippen LogP contribution < -0.4 is 10.6 Å². The molecule has 30 heavy (non-hydrogen) atoms. The highest BCUT2D eigenvalue weighted by Gasteiger charge is 2.23. The van der Waals surface area contributed by atoms with Gasteiger partial charge in [0.05, 0.1) is 5.56 Å². The number of anilines is 2. The van der Waals surface area contributed by atoms with Crippen LogP contribution >= 0.6 is 0 Å². The lowest BCUT2D eigenvalue weighted by molar-refractivity contribution is -0.155. The highest BCUT2D eigenvalue weighted by molar-refractivity contribution is 6.10. The molecule has 0 spiro atoms. The van der Waals surface area contributed by atoms with Crippen LogP contribution in [-0.2, 0) is 9.53 Å². The van der Waals surface area contributed by atoms with E-state index in [-0.39, 0.29) is 17.6 Å². The lowest BCUT2D eigenvalue weighted by Crippen LogP contribution is -2.34. The van der Waals surface area contributed by atoms with Gasteiger partial charge in [-0.15, -0.1) is 0 Å². The summed E-state index contributed by atoms with van der Waals surface area (Å²) < 4.78 is 5.40. The summed E-state index contributed by atoms with van der Waals surface area (Å²) in [5, 5.41) is 0. The molecule has 7 heteroatoms. The molecule has 0 atom stereocenters. The van der Waals surface area contributed by atoms with E-state index in [2.05, 4.69) is 14.9 Å². The van der Waals surface area contributed by atoms with Gasteiger partial charge in [0.25, 0.3) is 0 Å². The quantitative estimate of drug-likeness (QED) is 0.573. The first-order chi connectivity index (χ1) is 14.2. The summed E-state index contributed by atoms with van der Waals surface area (Å²) in [6.07, 6.45) is 4.82. The van der Waals surface area contributed by atoms with Crippen molar-refractivity contribution < 1.29 is 14.3 Å². The van der Waals surface area contributed by atoms with Gasteiger partial charge >= 0.3 is 5.97 Å². The number of esters is 1. The number of hydrogen-bond acceptors (Lipinski definition) is 7.